The molecule has 1 aliphatic carbocycles. The predicted octanol–water partition coefficient (Wildman–Crippen LogP) is 2.59. The predicted molar refractivity (Wildman–Crippen MR) is 129 cm³/mol. The molecule has 2 fully saturated rings. The SMILES string of the molecule is CC(C)[C@H]1CC[C@]2(C)OB(CNC(=O)[C@H](Cc3ccccc3)NC(=O)c3cnccn3)O[C@@H]2C1. The van der Waals surface area contributed by atoms with E-state index in [1.807, 2.05) is 30.3 Å². The normalized spacial score (nSPS) is 25.0. The molecule has 2 amide bonds. The van der Waals surface area contributed by atoms with Crippen molar-refractivity contribution < 1.29 is 18.9 Å². The second-order valence-corrected chi connectivity index (χ2v) is 9.81. The number of nitrogens with zero attached hydrogens (tertiary/aromatic N) is 2. The molecule has 1 saturated carbocycles. The van der Waals surface area contributed by atoms with Crippen molar-refractivity contribution in [1.82, 2.24) is 20.6 Å². The number of nitrogens with one attached hydrogen (secondary N) is 2. The lowest BCUT2D eigenvalue weighted by atomic mass is 9.73. The van der Waals surface area contributed by atoms with Crippen LogP contribution in [0.25, 0.3) is 0 Å². The van der Waals surface area contributed by atoms with Gasteiger partial charge in [-0.05, 0) is 43.6 Å². The molecule has 180 valence electrons. The van der Waals surface area contributed by atoms with E-state index < -0.39 is 19.1 Å². The molecular weight excluding hydrogens is 431 g/mol. The molecule has 1 saturated heterocycles. The van der Waals surface area contributed by atoms with Crippen molar-refractivity contribution in [2.75, 3.05) is 6.44 Å². The molecule has 2 N–H and O–H groups in total. The number of hydrogen-bond acceptors (Lipinski definition) is 6. The Balaban J connectivity index is 1.38. The van der Waals surface area contributed by atoms with Crippen molar-refractivity contribution in [2.24, 2.45) is 11.8 Å². The number of aromatic nitrogens is 2. The molecule has 4 atom stereocenters. The monoisotopic (exact) mass is 464 g/mol. The number of carbonyl (C=O) groups is 2. The van der Waals surface area contributed by atoms with Gasteiger partial charge < -0.3 is 19.9 Å². The molecule has 9 heteroatoms. The minimum absolute atomic E-state index is 0.0343. The van der Waals surface area contributed by atoms with E-state index in [2.05, 4.69) is 41.4 Å². The van der Waals surface area contributed by atoms with Crippen LogP contribution >= 0.6 is 0 Å². The van der Waals surface area contributed by atoms with Crippen LogP contribution in [0, 0.1) is 11.8 Å². The highest BCUT2D eigenvalue weighted by molar-refractivity contribution is 6.46. The van der Waals surface area contributed by atoms with E-state index in [9.17, 15) is 9.59 Å². The number of fused-ring (bicyclic) bond motifs is 1. The van der Waals surface area contributed by atoms with Gasteiger partial charge in [-0.2, -0.15) is 0 Å². The van der Waals surface area contributed by atoms with Crippen LogP contribution in [0.3, 0.4) is 0 Å². The maximum atomic E-state index is 13.1. The summed E-state index contributed by atoms with van der Waals surface area (Å²) in [6.45, 7) is 6.61. The summed E-state index contributed by atoms with van der Waals surface area (Å²) in [6.07, 6.45) is 7.98. The van der Waals surface area contributed by atoms with Crippen LogP contribution in [0.15, 0.2) is 48.9 Å². The summed E-state index contributed by atoms with van der Waals surface area (Å²) in [5, 5.41) is 5.72. The summed E-state index contributed by atoms with van der Waals surface area (Å²) in [7, 11) is -0.502. The van der Waals surface area contributed by atoms with Gasteiger partial charge in [0.15, 0.2) is 0 Å². The van der Waals surface area contributed by atoms with Crippen molar-refractivity contribution in [3.05, 3.63) is 60.2 Å². The first kappa shape index (κ1) is 24.4. The topological polar surface area (TPSA) is 102 Å². The van der Waals surface area contributed by atoms with Gasteiger partial charge in [-0.3, -0.25) is 14.6 Å². The fourth-order valence-electron chi connectivity index (χ4n) is 4.83. The van der Waals surface area contributed by atoms with E-state index >= 15 is 0 Å². The zero-order chi connectivity index (χ0) is 24.1. The third-order valence-corrected chi connectivity index (χ3v) is 7.01. The molecule has 1 aromatic heterocycles. The van der Waals surface area contributed by atoms with E-state index in [1.54, 1.807) is 0 Å². The van der Waals surface area contributed by atoms with Gasteiger partial charge in [-0.25, -0.2) is 4.98 Å². The van der Waals surface area contributed by atoms with E-state index in [0.29, 0.717) is 18.3 Å². The lowest BCUT2D eigenvalue weighted by molar-refractivity contribution is -0.122. The first-order valence-electron chi connectivity index (χ1n) is 12.1. The van der Waals surface area contributed by atoms with Crippen molar-refractivity contribution in [1.29, 1.82) is 0 Å². The minimum Gasteiger partial charge on any atom is -0.404 e. The molecule has 4 rings (SSSR count). The van der Waals surface area contributed by atoms with Crippen molar-refractivity contribution in [3.8, 4) is 0 Å². The molecule has 2 aliphatic rings. The van der Waals surface area contributed by atoms with Gasteiger partial charge in [-0.1, -0.05) is 44.2 Å². The Kier molecular flexibility index (Phi) is 7.63. The summed E-state index contributed by atoms with van der Waals surface area (Å²) in [5.74, 6) is 0.495. The van der Waals surface area contributed by atoms with Crippen molar-refractivity contribution in [2.45, 2.75) is 64.2 Å². The first-order chi connectivity index (χ1) is 16.3. The zero-order valence-corrected chi connectivity index (χ0v) is 20.1. The molecule has 2 heterocycles. The van der Waals surface area contributed by atoms with E-state index in [1.165, 1.54) is 18.6 Å². The zero-order valence-electron chi connectivity index (χ0n) is 20.1. The molecule has 0 bridgehead atoms. The van der Waals surface area contributed by atoms with Crippen LogP contribution in [0.2, 0.25) is 0 Å². The fourth-order valence-corrected chi connectivity index (χ4v) is 4.83. The molecule has 0 spiro atoms. The van der Waals surface area contributed by atoms with E-state index in [4.69, 9.17) is 9.31 Å². The summed E-state index contributed by atoms with van der Waals surface area (Å²) in [6, 6.07) is 8.80. The summed E-state index contributed by atoms with van der Waals surface area (Å²) in [4.78, 5) is 33.8. The van der Waals surface area contributed by atoms with Gasteiger partial charge in [0.25, 0.3) is 5.91 Å². The Morgan fingerprint density at radius 2 is 2.03 bits per heavy atom. The molecular formula is C25H33BN4O4. The summed E-state index contributed by atoms with van der Waals surface area (Å²) in [5.41, 5.74) is 0.783. The smallest absolute Gasteiger partial charge is 0.404 e. The van der Waals surface area contributed by atoms with Crippen LogP contribution in [-0.4, -0.2) is 53.1 Å². The van der Waals surface area contributed by atoms with Gasteiger partial charge in [0, 0.05) is 18.8 Å². The summed E-state index contributed by atoms with van der Waals surface area (Å²) < 4.78 is 12.4. The largest absolute Gasteiger partial charge is 0.478 e. The molecule has 2 aromatic rings. The van der Waals surface area contributed by atoms with Crippen LogP contribution < -0.4 is 10.6 Å². The number of benzene rings is 1. The Bertz CT molecular complexity index is 977. The lowest BCUT2D eigenvalue weighted by Crippen LogP contribution is -2.50. The quantitative estimate of drug-likeness (QED) is 0.583. The first-order valence-corrected chi connectivity index (χ1v) is 12.1. The van der Waals surface area contributed by atoms with Crippen molar-refractivity contribution in [3.63, 3.8) is 0 Å². The number of carbonyl (C=O) groups excluding carboxylic acids is 2. The van der Waals surface area contributed by atoms with Gasteiger partial charge >= 0.3 is 7.12 Å². The van der Waals surface area contributed by atoms with Crippen molar-refractivity contribution >= 4 is 18.9 Å². The van der Waals surface area contributed by atoms with E-state index in [0.717, 1.165) is 24.8 Å². The van der Waals surface area contributed by atoms with Crippen LogP contribution in [0.5, 0.6) is 0 Å². The maximum absolute atomic E-state index is 13.1. The minimum atomic E-state index is -0.776. The molecule has 0 radical (unpaired) electrons. The molecule has 1 aliphatic heterocycles. The average molecular weight is 464 g/mol. The third-order valence-electron chi connectivity index (χ3n) is 7.01. The maximum Gasteiger partial charge on any atom is 0.478 e. The van der Waals surface area contributed by atoms with Gasteiger partial charge in [0.2, 0.25) is 5.91 Å². The number of amides is 2. The molecule has 34 heavy (non-hydrogen) atoms. The van der Waals surface area contributed by atoms with Crippen LogP contribution in [0.4, 0.5) is 0 Å². The van der Waals surface area contributed by atoms with Gasteiger partial charge in [-0.15, -0.1) is 0 Å². The number of rotatable bonds is 8. The second kappa shape index (κ2) is 10.7. The average Bonchev–Trinajstić information content (AvgIpc) is 3.18. The Morgan fingerprint density at radius 1 is 1.24 bits per heavy atom. The number of hydrogen-bond donors (Lipinski definition) is 2. The van der Waals surface area contributed by atoms with Crippen LogP contribution in [-0.2, 0) is 20.5 Å². The van der Waals surface area contributed by atoms with Gasteiger partial charge in [0.05, 0.1) is 24.3 Å². The third kappa shape index (κ3) is 5.82. The highest BCUT2D eigenvalue weighted by Crippen LogP contribution is 2.43. The highest BCUT2D eigenvalue weighted by Gasteiger charge is 2.51. The van der Waals surface area contributed by atoms with Crippen LogP contribution in [0.1, 0.15) is 56.1 Å². The fraction of sp³-hybridized carbons (Fsp3) is 0.520. The molecule has 1 aromatic carbocycles. The van der Waals surface area contributed by atoms with Gasteiger partial charge in [0.1, 0.15) is 11.7 Å². The Morgan fingerprint density at radius 3 is 2.74 bits per heavy atom. The standard InChI is InChI=1S/C25H33BN4O4/c1-17(2)19-9-10-25(3)22(14-19)33-26(34-25)16-29-23(31)20(13-18-7-5-4-6-8-18)30-24(32)21-15-27-11-12-28-21/h4-8,11-12,15,17,19-20,22H,9-10,13-14,16H2,1-3H3,(H,29,31)(H,30,32)/t19-,20-,22+,25-/m0/s1. The second-order valence-electron chi connectivity index (χ2n) is 9.81. The Labute approximate surface area is 201 Å². The molecule has 8 nitrogen and oxygen atoms in total. The lowest BCUT2D eigenvalue weighted by Gasteiger charge is -2.39. The highest BCUT2D eigenvalue weighted by atomic mass is 16.7. The Hall–Kier alpha value is -2.78. The van der Waals surface area contributed by atoms with E-state index in [-0.39, 0.29) is 29.8 Å². The molecule has 0 unspecified atom stereocenters. The summed E-state index contributed by atoms with van der Waals surface area (Å²) >= 11 is 0.